The molecule has 0 amide bonds. The molecule has 2 N–H and O–H groups in total. The number of nitrogens with zero attached hydrogens (tertiary/aromatic N) is 3. The molecule has 6 heteroatoms. The third kappa shape index (κ3) is 0.733. The lowest BCUT2D eigenvalue weighted by atomic mass is 9.90. The summed E-state index contributed by atoms with van der Waals surface area (Å²) >= 11 is 1.50. The van der Waals surface area contributed by atoms with Gasteiger partial charge in [0.1, 0.15) is 11.3 Å². The largest absolute Gasteiger partial charge is 0.386 e. The van der Waals surface area contributed by atoms with E-state index in [1.54, 1.807) is 0 Å². The number of fused-ring (bicyclic) bond motifs is 2. The summed E-state index contributed by atoms with van der Waals surface area (Å²) in [5, 5.41) is 18.4. The van der Waals surface area contributed by atoms with Gasteiger partial charge in [0.05, 0.1) is 18.7 Å². The van der Waals surface area contributed by atoms with Gasteiger partial charge >= 0.3 is 0 Å². The van der Waals surface area contributed by atoms with Crippen molar-refractivity contribution in [3.8, 4) is 12.1 Å². The van der Waals surface area contributed by atoms with E-state index in [1.165, 1.54) is 11.8 Å². The number of nitriles is 2. The fourth-order valence-corrected chi connectivity index (χ4v) is 5.34. The number of aliphatic imine (C=N–C) groups is 1. The zero-order chi connectivity index (χ0) is 13.2. The molecule has 0 bridgehead atoms. The van der Waals surface area contributed by atoms with Gasteiger partial charge < -0.3 is 10.5 Å². The molecule has 3 aliphatic rings. The molecule has 1 saturated carbocycles. The van der Waals surface area contributed by atoms with Crippen molar-refractivity contribution < 1.29 is 4.74 Å². The van der Waals surface area contributed by atoms with E-state index in [2.05, 4.69) is 17.1 Å². The molecule has 1 saturated heterocycles. The molecule has 94 valence electrons. The zero-order valence-corrected chi connectivity index (χ0v) is 11.2. The van der Waals surface area contributed by atoms with E-state index in [1.807, 2.05) is 13.8 Å². The van der Waals surface area contributed by atoms with Crippen LogP contribution in [0.4, 0.5) is 0 Å². The van der Waals surface area contributed by atoms with Crippen LogP contribution in [0.1, 0.15) is 20.3 Å². The molecule has 2 fully saturated rings. The normalized spacial score (nSPS) is 52.6. The fraction of sp³-hybridized carbons (Fsp3) is 0.750. The maximum atomic E-state index is 9.75. The number of amidine groups is 1. The molecule has 2 heterocycles. The van der Waals surface area contributed by atoms with Gasteiger partial charge in [-0.2, -0.15) is 10.5 Å². The van der Waals surface area contributed by atoms with Crippen LogP contribution < -0.4 is 5.73 Å². The van der Waals surface area contributed by atoms with E-state index in [0.717, 1.165) is 5.75 Å². The van der Waals surface area contributed by atoms with Crippen molar-refractivity contribution in [3.63, 3.8) is 0 Å². The summed E-state index contributed by atoms with van der Waals surface area (Å²) in [6, 6.07) is 4.62. The second-order valence-corrected chi connectivity index (χ2v) is 6.44. The van der Waals surface area contributed by atoms with Crippen LogP contribution in [0.15, 0.2) is 4.99 Å². The van der Waals surface area contributed by atoms with Gasteiger partial charge in [-0.15, -0.1) is 0 Å². The standard InChI is InChI=1S/C12H14N4OS/c1-3-9(2)10(6-13)8(15)16-12(11(9,10)7-14)17-4-5-18-12/h3-5H2,1-2H3,(H2,15,16)/t9-,10+,11-,12-/m1/s1. The van der Waals surface area contributed by atoms with E-state index < -0.39 is 21.3 Å². The van der Waals surface area contributed by atoms with Crippen molar-refractivity contribution in [3.05, 3.63) is 0 Å². The third-order valence-corrected chi connectivity index (χ3v) is 6.28. The highest BCUT2D eigenvalue weighted by Gasteiger charge is 2.98. The summed E-state index contributed by atoms with van der Waals surface area (Å²) in [7, 11) is 0. The minimum absolute atomic E-state index is 0.269. The Hall–Kier alpha value is -1.24. The van der Waals surface area contributed by atoms with Crippen molar-refractivity contribution in [2.75, 3.05) is 12.4 Å². The second kappa shape index (κ2) is 3.01. The first-order chi connectivity index (χ1) is 8.52. The van der Waals surface area contributed by atoms with Gasteiger partial charge in [0.2, 0.25) is 5.06 Å². The summed E-state index contributed by atoms with van der Waals surface area (Å²) in [6.45, 7) is 4.48. The Kier molecular flexibility index (Phi) is 1.98. The predicted octanol–water partition coefficient (Wildman–Crippen LogP) is 1.22. The Morgan fingerprint density at radius 3 is 2.61 bits per heavy atom. The number of hydrogen-bond acceptors (Lipinski definition) is 6. The lowest BCUT2D eigenvalue weighted by Crippen LogP contribution is -2.36. The Morgan fingerprint density at radius 2 is 2.22 bits per heavy atom. The number of nitrogens with two attached hydrogens (primary N) is 1. The molecule has 0 aromatic heterocycles. The summed E-state index contributed by atoms with van der Waals surface area (Å²) in [5.41, 5.74) is 3.61. The minimum atomic E-state index is -0.985. The molecule has 18 heavy (non-hydrogen) atoms. The van der Waals surface area contributed by atoms with Crippen molar-refractivity contribution >= 4 is 17.6 Å². The molecule has 4 atom stereocenters. The molecular formula is C12H14N4OS. The van der Waals surface area contributed by atoms with Gasteiger partial charge in [-0.05, 0) is 6.42 Å². The molecular weight excluding hydrogens is 248 g/mol. The van der Waals surface area contributed by atoms with Crippen LogP contribution in [0.25, 0.3) is 0 Å². The summed E-state index contributed by atoms with van der Waals surface area (Å²) < 4.78 is 5.77. The van der Waals surface area contributed by atoms with Gasteiger partial charge in [0.15, 0.2) is 5.41 Å². The van der Waals surface area contributed by atoms with Crippen LogP contribution in [0.2, 0.25) is 0 Å². The lowest BCUT2D eigenvalue weighted by molar-refractivity contribution is 0.00874. The van der Waals surface area contributed by atoms with Gasteiger partial charge in [0.25, 0.3) is 0 Å². The summed E-state index contributed by atoms with van der Waals surface area (Å²) in [6.07, 6.45) is 0.704. The quantitative estimate of drug-likeness (QED) is 0.766. The second-order valence-electron chi connectivity index (χ2n) is 5.19. The van der Waals surface area contributed by atoms with Gasteiger partial charge in [-0.1, -0.05) is 25.6 Å². The first-order valence-corrected chi connectivity index (χ1v) is 6.96. The van der Waals surface area contributed by atoms with Crippen molar-refractivity contribution in [2.45, 2.75) is 25.3 Å². The van der Waals surface area contributed by atoms with E-state index in [9.17, 15) is 10.5 Å². The van der Waals surface area contributed by atoms with E-state index in [0.29, 0.717) is 13.0 Å². The maximum Gasteiger partial charge on any atom is 0.230 e. The monoisotopic (exact) mass is 262 g/mol. The zero-order valence-electron chi connectivity index (χ0n) is 10.4. The lowest BCUT2D eigenvalue weighted by Gasteiger charge is -2.29. The molecule has 2 aliphatic heterocycles. The van der Waals surface area contributed by atoms with Crippen LogP contribution in [-0.4, -0.2) is 23.3 Å². The smallest absolute Gasteiger partial charge is 0.230 e. The molecule has 1 spiro atoms. The fourth-order valence-electron chi connectivity index (χ4n) is 3.93. The number of thioether (sulfide) groups is 1. The van der Waals surface area contributed by atoms with Crippen LogP contribution in [-0.2, 0) is 4.74 Å². The van der Waals surface area contributed by atoms with Crippen LogP contribution in [0.5, 0.6) is 0 Å². The minimum Gasteiger partial charge on any atom is -0.386 e. The van der Waals surface area contributed by atoms with E-state index >= 15 is 0 Å². The summed E-state index contributed by atoms with van der Waals surface area (Å²) in [4.78, 5) is 4.37. The first-order valence-electron chi connectivity index (χ1n) is 5.98. The highest BCUT2D eigenvalue weighted by atomic mass is 32.2. The Bertz CT molecular complexity index is 541. The van der Waals surface area contributed by atoms with Crippen LogP contribution in [0, 0.1) is 38.9 Å². The van der Waals surface area contributed by atoms with Crippen LogP contribution >= 0.6 is 11.8 Å². The van der Waals surface area contributed by atoms with Crippen LogP contribution in [0.3, 0.4) is 0 Å². The van der Waals surface area contributed by atoms with Gasteiger partial charge in [-0.3, -0.25) is 0 Å². The third-order valence-electron chi connectivity index (χ3n) is 5.00. The van der Waals surface area contributed by atoms with E-state index in [4.69, 9.17) is 10.5 Å². The number of hydrogen-bond donors (Lipinski definition) is 1. The predicted molar refractivity (Wildman–Crippen MR) is 67.3 cm³/mol. The maximum absolute atomic E-state index is 9.75. The summed E-state index contributed by atoms with van der Waals surface area (Å²) in [5.74, 6) is 1.05. The molecule has 0 unspecified atom stereocenters. The SMILES string of the molecule is CC[C@]1(C)[C@]2(C#N)C(N)=N[C@@]3(OCCS3)[C@]12C#N. The topological polar surface area (TPSA) is 95.2 Å². The number of ether oxygens (including phenoxy) is 1. The Morgan fingerprint density at radius 1 is 1.50 bits per heavy atom. The van der Waals surface area contributed by atoms with E-state index in [-0.39, 0.29) is 5.84 Å². The average molecular weight is 262 g/mol. The highest BCUT2D eigenvalue weighted by Crippen LogP contribution is 2.88. The number of rotatable bonds is 1. The Labute approximate surface area is 110 Å². The molecule has 3 rings (SSSR count). The first kappa shape index (κ1) is 11.8. The molecule has 0 aromatic carbocycles. The average Bonchev–Trinajstić information content (AvgIpc) is 2.69. The van der Waals surface area contributed by atoms with Gasteiger partial charge in [0, 0.05) is 11.2 Å². The van der Waals surface area contributed by atoms with Crippen molar-refractivity contribution in [1.29, 1.82) is 10.5 Å². The van der Waals surface area contributed by atoms with Crippen molar-refractivity contribution in [2.24, 2.45) is 27.0 Å². The molecule has 1 aliphatic carbocycles. The highest BCUT2D eigenvalue weighted by molar-refractivity contribution is 8.00. The van der Waals surface area contributed by atoms with Crippen molar-refractivity contribution in [1.82, 2.24) is 0 Å². The molecule has 0 aromatic rings. The van der Waals surface area contributed by atoms with Gasteiger partial charge in [-0.25, -0.2) is 4.99 Å². The molecule has 0 radical (unpaired) electrons. The Balaban J connectivity index is 2.28. The molecule has 5 nitrogen and oxygen atoms in total.